The lowest BCUT2D eigenvalue weighted by Crippen LogP contribution is -2.33. The van der Waals surface area contributed by atoms with Crippen LogP contribution >= 0.6 is 11.8 Å². The number of carbonyl (C=O) groups excluding carboxylic acids is 3. The molecule has 1 aromatic heterocycles. The topological polar surface area (TPSA) is 153 Å². The summed E-state index contributed by atoms with van der Waals surface area (Å²) in [5.41, 5.74) is -0.0342. The normalized spacial score (nSPS) is 13.1. The van der Waals surface area contributed by atoms with E-state index in [9.17, 15) is 24.0 Å². The van der Waals surface area contributed by atoms with Gasteiger partial charge in [0.05, 0.1) is 28.7 Å². The molecular formula is C20H17N5O5S. The van der Waals surface area contributed by atoms with Crippen molar-refractivity contribution in [3.63, 3.8) is 0 Å². The van der Waals surface area contributed by atoms with Gasteiger partial charge in [0.2, 0.25) is 11.8 Å². The summed E-state index contributed by atoms with van der Waals surface area (Å²) in [6.45, 7) is -0.353. The number of nitrogens with one attached hydrogen (secondary N) is 5. The van der Waals surface area contributed by atoms with Crippen LogP contribution in [0.4, 0.5) is 11.4 Å². The monoisotopic (exact) mass is 439 g/mol. The number of H-pyrrole nitrogens is 2. The summed E-state index contributed by atoms with van der Waals surface area (Å²) in [5, 5.41) is 12.4. The van der Waals surface area contributed by atoms with Gasteiger partial charge in [0.25, 0.3) is 17.0 Å². The van der Waals surface area contributed by atoms with E-state index in [1.54, 1.807) is 18.2 Å². The molecule has 0 radical (unpaired) electrons. The Balaban J connectivity index is 1.45. The number of carbonyl (C=O) groups is 3. The fourth-order valence-corrected chi connectivity index (χ4v) is 4.09. The standard InChI is InChI=1S/C20H17N5O5S/c26-15-6-7-31-14-5-4-10(8-13(14)23-15)18(28)21-9-16(27)22-12-3-1-2-11-17(12)20(30)25-24-19(11)29/h1-5,8H,6-7,9H2,(H,21,28)(H,22,27)(H,23,26)(H,24,29)(H,25,30). The fraction of sp³-hybridized carbons (Fsp3) is 0.150. The first-order chi connectivity index (χ1) is 14.9. The van der Waals surface area contributed by atoms with E-state index in [1.165, 1.54) is 30.0 Å². The van der Waals surface area contributed by atoms with Gasteiger partial charge in [0, 0.05) is 22.6 Å². The van der Waals surface area contributed by atoms with Gasteiger partial charge in [-0.3, -0.25) is 34.2 Å². The molecule has 4 rings (SSSR count). The third-order valence-electron chi connectivity index (χ3n) is 4.61. The highest BCUT2D eigenvalue weighted by Crippen LogP contribution is 2.31. The fourth-order valence-electron chi connectivity index (χ4n) is 3.15. The van der Waals surface area contributed by atoms with Crippen molar-refractivity contribution in [2.45, 2.75) is 11.3 Å². The van der Waals surface area contributed by atoms with Crippen molar-refractivity contribution in [1.29, 1.82) is 0 Å². The van der Waals surface area contributed by atoms with E-state index >= 15 is 0 Å². The number of hydrogen-bond acceptors (Lipinski definition) is 6. The van der Waals surface area contributed by atoms with Crippen LogP contribution in [0.2, 0.25) is 0 Å². The van der Waals surface area contributed by atoms with Crippen LogP contribution in [-0.2, 0) is 9.59 Å². The highest BCUT2D eigenvalue weighted by atomic mass is 32.2. The molecular weight excluding hydrogens is 422 g/mol. The van der Waals surface area contributed by atoms with Crippen LogP contribution in [0, 0.1) is 0 Å². The Morgan fingerprint density at radius 2 is 1.84 bits per heavy atom. The minimum atomic E-state index is -0.570. The lowest BCUT2D eigenvalue weighted by Gasteiger charge is -2.11. The van der Waals surface area contributed by atoms with E-state index in [2.05, 4.69) is 26.1 Å². The lowest BCUT2D eigenvalue weighted by molar-refractivity contribution is -0.116. The van der Waals surface area contributed by atoms with Crippen molar-refractivity contribution < 1.29 is 14.4 Å². The van der Waals surface area contributed by atoms with Crippen molar-refractivity contribution in [3.8, 4) is 0 Å². The van der Waals surface area contributed by atoms with E-state index in [0.29, 0.717) is 23.4 Å². The molecule has 5 N–H and O–H groups in total. The number of aromatic nitrogens is 2. The molecule has 1 aliphatic heterocycles. The van der Waals surface area contributed by atoms with Gasteiger partial charge >= 0.3 is 0 Å². The maximum Gasteiger partial charge on any atom is 0.272 e. The molecule has 3 amide bonds. The summed E-state index contributed by atoms with van der Waals surface area (Å²) >= 11 is 1.52. The Morgan fingerprint density at radius 1 is 1.03 bits per heavy atom. The second-order valence-corrected chi connectivity index (χ2v) is 7.86. The summed E-state index contributed by atoms with van der Waals surface area (Å²) in [6, 6.07) is 9.43. The van der Waals surface area contributed by atoms with E-state index in [-0.39, 0.29) is 28.9 Å². The Bertz CT molecular complexity index is 1330. The van der Waals surface area contributed by atoms with Gasteiger partial charge in [0.1, 0.15) is 0 Å². The van der Waals surface area contributed by atoms with Crippen LogP contribution in [0.15, 0.2) is 50.9 Å². The molecule has 0 unspecified atom stereocenters. The van der Waals surface area contributed by atoms with Crippen LogP contribution in [0.25, 0.3) is 10.8 Å². The number of anilines is 2. The van der Waals surface area contributed by atoms with E-state index in [0.717, 1.165) is 4.90 Å². The highest BCUT2D eigenvalue weighted by molar-refractivity contribution is 7.99. The van der Waals surface area contributed by atoms with Crippen molar-refractivity contribution in [1.82, 2.24) is 15.5 Å². The number of amides is 3. The molecule has 2 aromatic carbocycles. The smallest absolute Gasteiger partial charge is 0.272 e. The van der Waals surface area contributed by atoms with Crippen molar-refractivity contribution in [3.05, 3.63) is 62.7 Å². The second-order valence-electron chi connectivity index (χ2n) is 6.72. The Labute approximate surface area is 178 Å². The first kappa shape index (κ1) is 20.4. The first-order valence-electron chi connectivity index (χ1n) is 9.31. The average molecular weight is 439 g/mol. The summed E-state index contributed by atoms with van der Waals surface area (Å²) < 4.78 is 0. The molecule has 2 heterocycles. The molecule has 31 heavy (non-hydrogen) atoms. The molecule has 3 aromatic rings. The SMILES string of the molecule is O=C1CCSc2ccc(C(=O)NCC(=O)Nc3cccc4c(=O)[nH][nH]c(=O)c34)cc2N1. The largest absolute Gasteiger partial charge is 0.343 e. The van der Waals surface area contributed by atoms with Gasteiger partial charge in [-0.15, -0.1) is 11.8 Å². The average Bonchev–Trinajstić information content (AvgIpc) is 2.94. The van der Waals surface area contributed by atoms with Crippen LogP contribution in [-0.4, -0.2) is 40.2 Å². The van der Waals surface area contributed by atoms with Gasteiger partial charge in [-0.25, -0.2) is 0 Å². The third kappa shape index (κ3) is 4.36. The Kier molecular flexibility index (Phi) is 5.58. The minimum absolute atomic E-state index is 0.0462. The molecule has 0 atom stereocenters. The summed E-state index contributed by atoms with van der Waals surface area (Å²) in [7, 11) is 0. The minimum Gasteiger partial charge on any atom is -0.343 e. The second kappa shape index (κ2) is 8.48. The predicted molar refractivity (Wildman–Crippen MR) is 117 cm³/mol. The zero-order valence-corrected chi connectivity index (χ0v) is 16.9. The zero-order chi connectivity index (χ0) is 22.0. The molecule has 0 fully saturated rings. The zero-order valence-electron chi connectivity index (χ0n) is 16.0. The number of aromatic amines is 2. The quantitative estimate of drug-likeness (QED) is 0.409. The predicted octanol–water partition coefficient (Wildman–Crippen LogP) is 1.02. The molecule has 158 valence electrons. The van der Waals surface area contributed by atoms with Gasteiger partial charge in [-0.2, -0.15) is 0 Å². The van der Waals surface area contributed by atoms with Gasteiger partial charge in [0.15, 0.2) is 0 Å². The number of benzene rings is 2. The van der Waals surface area contributed by atoms with E-state index in [1.807, 2.05) is 0 Å². The third-order valence-corrected chi connectivity index (χ3v) is 5.69. The molecule has 0 saturated carbocycles. The molecule has 10 nitrogen and oxygen atoms in total. The lowest BCUT2D eigenvalue weighted by atomic mass is 10.1. The van der Waals surface area contributed by atoms with E-state index in [4.69, 9.17) is 0 Å². The summed E-state index contributed by atoms with van der Waals surface area (Å²) in [6.07, 6.45) is 0.393. The molecule has 0 bridgehead atoms. The molecule has 1 aliphatic rings. The molecule has 0 aliphatic carbocycles. The Hall–Kier alpha value is -3.86. The van der Waals surface area contributed by atoms with Crippen LogP contribution in [0.3, 0.4) is 0 Å². The molecule has 11 heteroatoms. The van der Waals surface area contributed by atoms with Gasteiger partial charge in [-0.05, 0) is 30.3 Å². The molecule has 0 saturated heterocycles. The maximum atomic E-state index is 12.5. The number of hydrogen-bond donors (Lipinski definition) is 5. The van der Waals surface area contributed by atoms with Crippen molar-refractivity contribution >= 4 is 51.6 Å². The van der Waals surface area contributed by atoms with Gasteiger partial charge < -0.3 is 16.0 Å². The van der Waals surface area contributed by atoms with Gasteiger partial charge in [-0.1, -0.05) is 6.07 Å². The summed E-state index contributed by atoms with van der Waals surface area (Å²) in [5.74, 6) is -0.521. The van der Waals surface area contributed by atoms with Crippen molar-refractivity contribution in [2.75, 3.05) is 22.9 Å². The maximum absolute atomic E-state index is 12.5. The summed E-state index contributed by atoms with van der Waals surface area (Å²) in [4.78, 5) is 61.3. The van der Waals surface area contributed by atoms with Crippen LogP contribution < -0.4 is 27.1 Å². The first-order valence-corrected chi connectivity index (χ1v) is 10.3. The number of thioether (sulfide) groups is 1. The van der Waals surface area contributed by atoms with Crippen LogP contribution in [0.1, 0.15) is 16.8 Å². The number of rotatable bonds is 4. The highest BCUT2D eigenvalue weighted by Gasteiger charge is 2.17. The van der Waals surface area contributed by atoms with Crippen molar-refractivity contribution in [2.24, 2.45) is 0 Å². The Morgan fingerprint density at radius 3 is 2.68 bits per heavy atom. The van der Waals surface area contributed by atoms with Crippen LogP contribution in [0.5, 0.6) is 0 Å². The number of fused-ring (bicyclic) bond motifs is 2. The van der Waals surface area contributed by atoms with E-state index < -0.39 is 22.9 Å². The molecule has 0 spiro atoms.